The van der Waals surface area contributed by atoms with Crippen molar-refractivity contribution in [3.63, 3.8) is 0 Å². The van der Waals surface area contributed by atoms with Crippen molar-refractivity contribution < 1.29 is 14.2 Å². The highest BCUT2D eigenvalue weighted by Gasteiger charge is 2.23. The standard InChI is InChI=1S/C12H18FNO2/c1-4-14-8-12(2,15)9-5-6-11(16-3)10(13)7-9/h5-7,14-15H,4,8H2,1-3H3. The van der Waals surface area contributed by atoms with Crippen molar-refractivity contribution in [2.24, 2.45) is 0 Å². The highest BCUT2D eigenvalue weighted by Crippen LogP contribution is 2.25. The number of nitrogens with one attached hydrogen (secondary N) is 1. The first-order chi connectivity index (χ1) is 7.51. The van der Waals surface area contributed by atoms with Crippen LogP contribution in [0.15, 0.2) is 18.2 Å². The Bertz CT molecular complexity index is 353. The van der Waals surface area contributed by atoms with Crippen LogP contribution >= 0.6 is 0 Å². The summed E-state index contributed by atoms with van der Waals surface area (Å²) < 4.78 is 18.3. The van der Waals surface area contributed by atoms with Crippen LogP contribution < -0.4 is 10.1 Å². The molecular formula is C12H18FNO2. The molecule has 1 unspecified atom stereocenters. The van der Waals surface area contributed by atoms with Gasteiger partial charge in [0.25, 0.3) is 0 Å². The second kappa shape index (κ2) is 5.27. The van der Waals surface area contributed by atoms with Gasteiger partial charge in [0.1, 0.15) is 0 Å². The summed E-state index contributed by atoms with van der Waals surface area (Å²) in [6.07, 6.45) is 0. The maximum Gasteiger partial charge on any atom is 0.165 e. The van der Waals surface area contributed by atoms with Gasteiger partial charge in [0.05, 0.1) is 12.7 Å². The van der Waals surface area contributed by atoms with Gasteiger partial charge in [-0.1, -0.05) is 13.0 Å². The van der Waals surface area contributed by atoms with Gasteiger partial charge in [0.15, 0.2) is 11.6 Å². The molecule has 0 saturated heterocycles. The van der Waals surface area contributed by atoms with E-state index in [9.17, 15) is 9.50 Å². The van der Waals surface area contributed by atoms with E-state index < -0.39 is 11.4 Å². The molecule has 90 valence electrons. The lowest BCUT2D eigenvalue weighted by Crippen LogP contribution is -2.35. The van der Waals surface area contributed by atoms with Crippen LogP contribution in [0.4, 0.5) is 4.39 Å². The molecule has 0 radical (unpaired) electrons. The van der Waals surface area contributed by atoms with E-state index in [-0.39, 0.29) is 5.75 Å². The van der Waals surface area contributed by atoms with Crippen LogP contribution in [0.5, 0.6) is 5.75 Å². The zero-order valence-corrected chi connectivity index (χ0v) is 9.88. The molecule has 1 aromatic carbocycles. The lowest BCUT2D eigenvalue weighted by atomic mass is 9.96. The maximum atomic E-state index is 13.4. The Labute approximate surface area is 95.2 Å². The van der Waals surface area contributed by atoms with E-state index in [0.29, 0.717) is 12.1 Å². The molecule has 1 rings (SSSR count). The van der Waals surface area contributed by atoms with Gasteiger partial charge in [-0.3, -0.25) is 0 Å². The summed E-state index contributed by atoms with van der Waals surface area (Å²) in [4.78, 5) is 0. The lowest BCUT2D eigenvalue weighted by Gasteiger charge is -2.24. The largest absolute Gasteiger partial charge is 0.494 e. The fraction of sp³-hybridized carbons (Fsp3) is 0.500. The normalized spacial score (nSPS) is 14.6. The first kappa shape index (κ1) is 12.9. The van der Waals surface area contributed by atoms with Crippen LogP contribution in [-0.2, 0) is 5.60 Å². The van der Waals surface area contributed by atoms with Crippen molar-refractivity contribution >= 4 is 0 Å². The average molecular weight is 227 g/mol. The smallest absolute Gasteiger partial charge is 0.165 e. The van der Waals surface area contributed by atoms with Crippen LogP contribution in [0.2, 0.25) is 0 Å². The number of rotatable bonds is 5. The molecule has 3 nitrogen and oxygen atoms in total. The first-order valence-electron chi connectivity index (χ1n) is 5.28. The zero-order valence-electron chi connectivity index (χ0n) is 9.88. The van der Waals surface area contributed by atoms with Crippen LogP contribution in [0.25, 0.3) is 0 Å². The molecule has 0 amide bonds. The molecule has 16 heavy (non-hydrogen) atoms. The van der Waals surface area contributed by atoms with E-state index >= 15 is 0 Å². The molecule has 1 aromatic rings. The molecular weight excluding hydrogens is 209 g/mol. The van der Waals surface area contributed by atoms with Gasteiger partial charge < -0.3 is 15.2 Å². The van der Waals surface area contributed by atoms with E-state index in [1.807, 2.05) is 6.92 Å². The topological polar surface area (TPSA) is 41.5 Å². The first-order valence-corrected chi connectivity index (χ1v) is 5.28. The molecule has 0 heterocycles. The van der Waals surface area contributed by atoms with Crippen molar-refractivity contribution in [1.82, 2.24) is 5.32 Å². The summed E-state index contributed by atoms with van der Waals surface area (Å²) in [5, 5.41) is 13.2. The molecule has 0 aliphatic heterocycles. The van der Waals surface area contributed by atoms with E-state index in [2.05, 4.69) is 5.32 Å². The minimum absolute atomic E-state index is 0.183. The van der Waals surface area contributed by atoms with Gasteiger partial charge in [0, 0.05) is 6.54 Å². The van der Waals surface area contributed by atoms with E-state index in [4.69, 9.17) is 4.74 Å². The van der Waals surface area contributed by atoms with Gasteiger partial charge >= 0.3 is 0 Å². The number of methoxy groups -OCH3 is 1. The second-order valence-electron chi connectivity index (χ2n) is 3.90. The summed E-state index contributed by atoms with van der Waals surface area (Å²) in [6.45, 7) is 4.74. The van der Waals surface area contributed by atoms with Crippen molar-refractivity contribution in [1.29, 1.82) is 0 Å². The summed E-state index contributed by atoms with van der Waals surface area (Å²) in [6, 6.07) is 4.49. The molecule has 2 N–H and O–H groups in total. The predicted molar refractivity (Wildman–Crippen MR) is 61.1 cm³/mol. The number of benzene rings is 1. The zero-order chi connectivity index (χ0) is 12.2. The lowest BCUT2D eigenvalue weighted by molar-refractivity contribution is 0.0572. The molecule has 0 bridgehead atoms. The molecule has 4 heteroatoms. The quantitative estimate of drug-likeness (QED) is 0.803. The SMILES string of the molecule is CCNCC(C)(O)c1ccc(OC)c(F)c1. The van der Waals surface area contributed by atoms with Crippen LogP contribution in [0.3, 0.4) is 0 Å². The molecule has 0 spiro atoms. The van der Waals surface area contributed by atoms with Gasteiger partial charge in [-0.25, -0.2) is 4.39 Å². The molecule has 0 aliphatic carbocycles. The van der Waals surface area contributed by atoms with Gasteiger partial charge in [0.2, 0.25) is 0 Å². The van der Waals surface area contributed by atoms with Crippen molar-refractivity contribution in [2.45, 2.75) is 19.4 Å². The molecule has 0 aromatic heterocycles. The summed E-state index contributed by atoms with van der Waals surface area (Å²) >= 11 is 0. The molecule has 0 aliphatic rings. The highest BCUT2D eigenvalue weighted by molar-refractivity contribution is 5.32. The highest BCUT2D eigenvalue weighted by atomic mass is 19.1. The van der Waals surface area contributed by atoms with E-state index in [1.54, 1.807) is 13.0 Å². The third-order valence-electron chi connectivity index (χ3n) is 2.49. The van der Waals surface area contributed by atoms with Crippen molar-refractivity contribution in [3.8, 4) is 5.75 Å². The number of hydrogen-bond donors (Lipinski definition) is 2. The predicted octanol–water partition coefficient (Wildman–Crippen LogP) is 1.65. The Morgan fingerprint density at radius 1 is 1.50 bits per heavy atom. The van der Waals surface area contributed by atoms with Gasteiger partial charge in [-0.2, -0.15) is 0 Å². The molecule has 0 fully saturated rings. The summed E-state index contributed by atoms with van der Waals surface area (Å²) in [5.41, 5.74) is -0.546. The number of ether oxygens (including phenoxy) is 1. The van der Waals surface area contributed by atoms with E-state index in [0.717, 1.165) is 6.54 Å². The van der Waals surface area contributed by atoms with Gasteiger partial charge in [-0.05, 0) is 31.2 Å². The van der Waals surface area contributed by atoms with Crippen molar-refractivity contribution in [2.75, 3.05) is 20.2 Å². The van der Waals surface area contributed by atoms with Gasteiger partial charge in [-0.15, -0.1) is 0 Å². The summed E-state index contributed by atoms with van der Waals surface area (Å²) in [7, 11) is 1.41. The number of halogens is 1. The Balaban J connectivity index is 2.91. The minimum Gasteiger partial charge on any atom is -0.494 e. The number of aliphatic hydroxyl groups is 1. The Morgan fingerprint density at radius 2 is 2.19 bits per heavy atom. The third kappa shape index (κ3) is 2.93. The van der Waals surface area contributed by atoms with Crippen LogP contribution in [0.1, 0.15) is 19.4 Å². The maximum absolute atomic E-state index is 13.4. The van der Waals surface area contributed by atoms with Crippen LogP contribution in [-0.4, -0.2) is 25.3 Å². The fourth-order valence-electron chi connectivity index (χ4n) is 1.47. The average Bonchev–Trinajstić information content (AvgIpc) is 2.26. The Kier molecular flexibility index (Phi) is 4.26. The second-order valence-corrected chi connectivity index (χ2v) is 3.90. The van der Waals surface area contributed by atoms with Crippen molar-refractivity contribution in [3.05, 3.63) is 29.6 Å². The van der Waals surface area contributed by atoms with Crippen LogP contribution in [0, 0.1) is 5.82 Å². The number of hydrogen-bond acceptors (Lipinski definition) is 3. The number of likely N-dealkylation sites (N-methyl/N-ethyl adjacent to an activating group) is 1. The monoisotopic (exact) mass is 227 g/mol. The Morgan fingerprint density at radius 3 is 2.69 bits per heavy atom. The fourth-order valence-corrected chi connectivity index (χ4v) is 1.47. The third-order valence-corrected chi connectivity index (χ3v) is 2.49. The Hall–Kier alpha value is -1.13. The molecule has 0 saturated carbocycles. The minimum atomic E-state index is -1.08. The summed E-state index contributed by atoms with van der Waals surface area (Å²) in [5.74, 6) is -0.278. The molecule has 1 atom stereocenters. The van der Waals surface area contributed by atoms with E-state index in [1.165, 1.54) is 19.2 Å².